The third-order valence-corrected chi connectivity index (χ3v) is 6.90. The number of anilines is 1. The highest BCUT2D eigenvalue weighted by Crippen LogP contribution is 2.17. The van der Waals surface area contributed by atoms with Crippen LogP contribution in [0.2, 0.25) is 5.02 Å². The molecule has 0 saturated carbocycles. The van der Waals surface area contributed by atoms with E-state index in [-0.39, 0.29) is 11.4 Å². The zero-order valence-electron chi connectivity index (χ0n) is 16.3. The fraction of sp³-hybridized carbons (Fsp3) is 0.300. The van der Waals surface area contributed by atoms with Crippen LogP contribution in [0.25, 0.3) is 0 Å². The van der Waals surface area contributed by atoms with E-state index in [0.29, 0.717) is 43.4 Å². The molecule has 1 saturated heterocycles. The van der Waals surface area contributed by atoms with Gasteiger partial charge in [0.05, 0.1) is 4.90 Å². The molecular weight excluding hydrogens is 428 g/mol. The first-order valence-electron chi connectivity index (χ1n) is 9.48. The van der Waals surface area contributed by atoms with Gasteiger partial charge in [0.15, 0.2) is 0 Å². The maximum Gasteiger partial charge on any atom is 0.313 e. The molecule has 1 fully saturated rings. The molecule has 2 amide bonds. The van der Waals surface area contributed by atoms with Gasteiger partial charge in [0.1, 0.15) is 0 Å². The molecule has 160 valence electrons. The molecule has 2 N–H and O–H groups in total. The number of carbonyl (C=O) groups excluding carboxylic acids is 2. The van der Waals surface area contributed by atoms with Crippen LogP contribution in [0.1, 0.15) is 0 Å². The van der Waals surface area contributed by atoms with Gasteiger partial charge in [-0.3, -0.25) is 14.5 Å². The normalized spacial score (nSPS) is 15.5. The predicted octanol–water partition coefficient (Wildman–Crippen LogP) is 1.40. The minimum atomic E-state index is -3.49. The van der Waals surface area contributed by atoms with Crippen molar-refractivity contribution in [2.45, 2.75) is 4.90 Å². The molecule has 0 atom stereocenters. The molecule has 0 radical (unpaired) electrons. The highest BCUT2D eigenvalue weighted by Gasteiger charge is 2.28. The third-order valence-electron chi connectivity index (χ3n) is 4.73. The SMILES string of the molecule is O=C(NCCN1CCN(S(=O)(=O)c2ccccc2)CC1)C(=O)Nc1ccc(Cl)cc1. The maximum atomic E-state index is 12.6. The van der Waals surface area contributed by atoms with Gasteiger partial charge in [-0.1, -0.05) is 29.8 Å². The summed E-state index contributed by atoms with van der Waals surface area (Å²) in [5, 5.41) is 5.61. The minimum absolute atomic E-state index is 0.289. The lowest BCUT2D eigenvalue weighted by molar-refractivity contribution is -0.136. The second kappa shape index (κ2) is 10.0. The van der Waals surface area contributed by atoms with Crippen molar-refractivity contribution in [3.63, 3.8) is 0 Å². The van der Waals surface area contributed by atoms with E-state index in [0.717, 1.165) is 0 Å². The van der Waals surface area contributed by atoms with E-state index in [2.05, 4.69) is 10.6 Å². The van der Waals surface area contributed by atoms with Gasteiger partial charge in [-0.15, -0.1) is 0 Å². The quantitative estimate of drug-likeness (QED) is 0.648. The zero-order valence-corrected chi connectivity index (χ0v) is 17.8. The van der Waals surface area contributed by atoms with Crippen LogP contribution in [0.15, 0.2) is 59.5 Å². The topological polar surface area (TPSA) is 98.8 Å². The van der Waals surface area contributed by atoms with Crippen LogP contribution in [-0.4, -0.2) is 68.7 Å². The first kappa shape index (κ1) is 22.2. The Labute approximate surface area is 180 Å². The molecule has 1 aliphatic rings. The number of benzene rings is 2. The van der Waals surface area contributed by atoms with Gasteiger partial charge in [-0.25, -0.2) is 8.42 Å². The maximum absolute atomic E-state index is 12.6. The number of hydrogen-bond donors (Lipinski definition) is 2. The molecule has 2 aromatic rings. The molecule has 30 heavy (non-hydrogen) atoms. The smallest absolute Gasteiger partial charge is 0.313 e. The Kier molecular flexibility index (Phi) is 7.43. The number of nitrogens with zero attached hydrogens (tertiary/aromatic N) is 2. The lowest BCUT2D eigenvalue weighted by atomic mass is 10.3. The molecule has 0 bridgehead atoms. The van der Waals surface area contributed by atoms with Crippen LogP contribution < -0.4 is 10.6 Å². The summed E-state index contributed by atoms with van der Waals surface area (Å²) in [6, 6.07) is 14.8. The Morgan fingerprint density at radius 1 is 0.900 bits per heavy atom. The number of sulfonamides is 1. The van der Waals surface area contributed by atoms with E-state index in [1.807, 2.05) is 4.90 Å². The Balaban J connectivity index is 1.40. The second-order valence-electron chi connectivity index (χ2n) is 6.78. The van der Waals surface area contributed by atoms with Gasteiger partial charge >= 0.3 is 11.8 Å². The highest BCUT2D eigenvalue weighted by atomic mass is 35.5. The van der Waals surface area contributed by atoms with E-state index in [4.69, 9.17) is 11.6 Å². The van der Waals surface area contributed by atoms with Crippen molar-refractivity contribution in [3.8, 4) is 0 Å². The standard InChI is InChI=1S/C20H23ClN4O4S/c21-16-6-8-17(9-7-16)23-20(27)19(26)22-10-11-24-12-14-25(15-13-24)30(28,29)18-4-2-1-3-5-18/h1-9H,10-15H2,(H,22,26)(H,23,27). The number of piperazine rings is 1. The summed E-state index contributed by atoms with van der Waals surface area (Å²) in [5.41, 5.74) is 0.482. The largest absolute Gasteiger partial charge is 0.347 e. The van der Waals surface area contributed by atoms with Gasteiger partial charge < -0.3 is 10.6 Å². The molecule has 1 heterocycles. The van der Waals surface area contributed by atoms with Crippen molar-refractivity contribution in [1.29, 1.82) is 0 Å². The highest BCUT2D eigenvalue weighted by molar-refractivity contribution is 7.89. The van der Waals surface area contributed by atoms with E-state index >= 15 is 0 Å². The van der Waals surface area contributed by atoms with Crippen molar-refractivity contribution in [2.75, 3.05) is 44.6 Å². The summed E-state index contributed by atoms with van der Waals surface area (Å²) in [6.07, 6.45) is 0. The monoisotopic (exact) mass is 450 g/mol. The molecule has 0 aromatic heterocycles. The third kappa shape index (κ3) is 5.79. The first-order valence-corrected chi connectivity index (χ1v) is 11.3. The van der Waals surface area contributed by atoms with Gasteiger partial charge in [0.25, 0.3) is 0 Å². The summed E-state index contributed by atoms with van der Waals surface area (Å²) in [7, 11) is -3.49. The Hall–Kier alpha value is -2.46. The molecule has 3 rings (SSSR count). The fourth-order valence-corrected chi connectivity index (χ4v) is 4.63. The lowest BCUT2D eigenvalue weighted by Gasteiger charge is -2.33. The van der Waals surface area contributed by atoms with Crippen molar-refractivity contribution in [2.24, 2.45) is 0 Å². The minimum Gasteiger partial charge on any atom is -0.347 e. The van der Waals surface area contributed by atoms with Crippen molar-refractivity contribution >= 4 is 39.1 Å². The molecular formula is C20H23ClN4O4S. The molecule has 0 aliphatic carbocycles. The number of carbonyl (C=O) groups is 2. The van der Waals surface area contributed by atoms with E-state index in [1.54, 1.807) is 54.6 Å². The van der Waals surface area contributed by atoms with Crippen LogP contribution in [0.3, 0.4) is 0 Å². The number of nitrogens with one attached hydrogen (secondary N) is 2. The van der Waals surface area contributed by atoms with Crippen LogP contribution in [0.5, 0.6) is 0 Å². The summed E-state index contributed by atoms with van der Waals surface area (Å²) < 4.78 is 26.7. The zero-order chi connectivity index (χ0) is 21.6. The Bertz CT molecular complexity index is 976. The summed E-state index contributed by atoms with van der Waals surface area (Å²) in [4.78, 5) is 26.2. The number of halogens is 1. The summed E-state index contributed by atoms with van der Waals surface area (Å²) in [6.45, 7) is 2.68. The molecule has 0 spiro atoms. The average Bonchev–Trinajstić information content (AvgIpc) is 2.76. The Morgan fingerprint density at radius 2 is 1.53 bits per heavy atom. The molecule has 1 aliphatic heterocycles. The molecule has 10 heteroatoms. The van der Waals surface area contributed by atoms with Gasteiger partial charge in [-0.2, -0.15) is 4.31 Å². The van der Waals surface area contributed by atoms with Crippen LogP contribution in [0.4, 0.5) is 5.69 Å². The van der Waals surface area contributed by atoms with Crippen LogP contribution in [0, 0.1) is 0 Å². The molecule has 0 unspecified atom stereocenters. The number of amides is 2. The van der Waals surface area contributed by atoms with Gasteiger partial charge in [0.2, 0.25) is 10.0 Å². The summed E-state index contributed by atoms with van der Waals surface area (Å²) >= 11 is 5.79. The first-order chi connectivity index (χ1) is 14.4. The van der Waals surface area contributed by atoms with Gasteiger partial charge in [-0.05, 0) is 36.4 Å². The number of rotatable bonds is 6. The number of hydrogen-bond acceptors (Lipinski definition) is 5. The summed E-state index contributed by atoms with van der Waals surface area (Å²) in [5.74, 6) is -1.48. The van der Waals surface area contributed by atoms with Crippen molar-refractivity contribution in [3.05, 3.63) is 59.6 Å². The molecule has 2 aromatic carbocycles. The lowest BCUT2D eigenvalue weighted by Crippen LogP contribution is -2.50. The molecule has 8 nitrogen and oxygen atoms in total. The average molecular weight is 451 g/mol. The Morgan fingerprint density at radius 3 is 2.17 bits per heavy atom. The second-order valence-corrected chi connectivity index (χ2v) is 9.15. The van der Waals surface area contributed by atoms with E-state index in [1.165, 1.54) is 4.31 Å². The van der Waals surface area contributed by atoms with Gasteiger partial charge in [0, 0.05) is 50.0 Å². The van der Waals surface area contributed by atoms with Crippen LogP contribution in [-0.2, 0) is 19.6 Å². The van der Waals surface area contributed by atoms with Crippen molar-refractivity contribution in [1.82, 2.24) is 14.5 Å². The predicted molar refractivity (Wildman–Crippen MR) is 115 cm³/mol. The van der Waals surface area contributed by atoms with Crippen LogP contribution >= 0.6 is 11.6 Å². The van der Waals surface area contributed by atoms with E-state index in [9.17, 15) is 18.0 Å². The van der Waals surface area contributed by atoms with E-state index < -0.39 is 21.8 Å². The van der Waals surface area contributed by atoms with Crippen molar-refractivity contribution < 1.29 is 18.0 Å². The fourth-order valence-electron chi connectivity index (χ4n) is 3.06.